The molecule has 150 valence electrons. The van der Waals surface area contributed by atoms with Crippen LogP contribution in [0, 0.1) is 6.92 Å². The van der Waals surface area contributed by atoms with Crippen LogP contribution in [0.1, 0.15) is 40.1 Å². The van der Waals surface area contributed by atoms with Gasteiger partial charge in [0.2, 0.25) is 0 Å². The number of nitrogens with zero attached hydrogens (tertiary/aromatic N) is 1. The van der Waals surface area contributed by atoms with Crippen LogP contribution >= 0.6 is 11.6 Å². The molecule has 1 aliphatic heterocycles. The van der Waals surface area contributed by atoms with Gasteiger partial charge in [-0.25, -0.2) is 0 Å². The molecule has 4 rings (SSSR count). The Hall–Kier alpha value is -2.63. The minimum atomic E-state index is -0.206. The molecule has 29 heavy (non-hydrogen) atoms. The third-order valence-electron chi connectivity index (χ3n) is 5.53. The fourth-order valence-electron chi connectivity index (χ4n) is 3.96. The number of aromatic nitrogens is 1. The van der Waals surface area contributed by atoms with Gasteiger partial charge >= 0.3 is 0 Å². The van der Waals surface area contributed by atoms with Crippen molar-refractivity contribution < 1.29 is 14.2 Å². The number of amides is 1. The standard InChI is InChI=1S/C23H24ClN3O2/c1-16-21(22(26-29-16)19-10-4-5-11-20(19)24)23(28)25-14-17-8-2-3-9-18(17)15-27-12-6-7-13-27/h2-5,8-11H,6-7,12-15H2,1H3,(H,25,28)/p+1. The van der Waals surface area contributed by atoms with Crippen molar-refractivity contribution in [2.75, 3.05) is 13.1 Å². The SMILES string of the molecule is Cc1onc(-c2ccccc2Cl)c1C(=O)NCc1ccccc1C[NH+]1CCCC1. The van der Waals surface area contributed by atoms with Crippen LogP contribution in [0.15, 0.2) is 53.1 Å². The Bertz CT molecular complexity index is 1010. The summed E-state index contributed by atoms with van der Waals surface area (Å²) in [6.45, 7) is 5.66. The zero-order chi connectivity index (χ0) is 20.2. The highest BCUT2D eigenvalue weighted by Gasteiger charge is 2.23. The lowest BCUT2D eigenvalue weighted by Crippen LogP contribution is -3.08. The van der Waals surface area contributed by atoms with E-state index in [-0.39, 0.29) is 5.91 Å². The highest BCUT2D eigenvalue weighted by molar-refractivity contribution is 6.33. The molecule has 1 aliphatic rings. The summed E-state index contributed by atoms with van der Waals surface area (Å²) >= 11 is 6.30. The number of hydrogen-bond donors (Lipinski definition) is 2. The van der Waals surface area contributed by atoms with Crippen molar-refractivity contribution in [3.63, 3.8) is 0 Å². The number of aryl methyl sites for hydroxylation is 1. The number of quaternary nitrogens is 1. The normalized spacial score (nSPS) is 14.3. The largest absolute Gasteiger partial charge is 0.360 e. The molecule has 1 saturated heterocycles. The van der Waals surface area contributed by atoms with Crippen molar-refractivity contribution >= 4 is 17.5 Å². The van der Waals surface area contributed by atoms with Gasteiger partial charge in [-0.3, -0.25) is 4.79 Å². The van der Waals surface area contributed by atoms with E-state index in [4.69, 9.17) is 16.1 Å². The highest BCUT2D eigenvalue weighted by atomic mass is 35.5. The Labute approximate surface area is 175 Å². The first-order valence-corrected chi connectivity index (χ1v) is 10.4. The van der Waals surface area contributed by atoms with E-state index in [1.165, 1.54) is 31.5 Å². The van der Waals surface area contributed by atoms with Crippen molar-refractivity contribution in [2.24, 2.45) is 0 Å². The van der Waals surface area contributed by atoms with E-state index in [2.05, 4.69) is 28.7 Å². The Morgan fingerprint density at radius 2 is 1.79 bits per heavy atom. The number of hydrogen-bond acceptors (Lipinski definition) is 3. The zero-order valence-corrected chi connectivity index (χ0v) is 17.3. The molecule has 6 heteroatoms. The van der Waals surface area contributed by atoms with Gasteiger partial charge in [0, 0.05) is 30.5 Å². The Morgan fingerprint density at radius 3 is 2.55 bits per heavy atom. The second kappa shape index (κ2) is 8.80. The zero-order valence-electron chi connectivity index (χ0n) is 16.5. The van der Waals surface area contributed by atoms with Gasteiger partial charge in [0.25, 0.3) is 5.91 Å². The van der Waals surface area contributed by atoms with Crippen LogP contribution in [0.4, 0.5) is 0 Å². The van der Waals surface area contributed by atoms with Crippen LogP contribution in [0.5, 0.6) is 0 Å². The molecule has 0 spiro atoms. The molecule has 0 saturated carbocycles. The van der Waals surface area contributed by atoms with E-state index in [0.29, 0.717) is 34.1 Å². The van der Waals surface area contributed by atoms with Gasteiger partial charge in [-0.15, -0.1) is 0 Å². The molecule has 3 aromatic rings. The van der Waals surface area contributed by atoms with Crippen molar-refractivity contribution in [3.05, 3.63) is 76.0 Å². The summed E-state index contributed by atoms with van der Waals surface area (Å²) in [4.78, 5) is 14.6. The summed E-state index contributed by atoms with van der Waals surface area (Å²) in [6.07, 6.45) is 2.59. The Balaban J connectivity index is 1.52. The van der Waals surface area contributed by atoms with Crippen molar-refractivity contribution in [3.8, 4) is 11.3 Å². The third-order valence-corrected chi connectivity index (χ3v) is 5.86. The van der Waals surface area contributed by atoms with Gasteiger partial charge in [0.15, 0.2) is 0 Å². The summed E-state index contributed by atoms with van der Waals surface area (Å²) < 4.78 is 5.32. The molecule has 1 fully saturated rings. The molecular weight excluding hydrogens is 386 g/mol. The lowest BCUT2D eigenvalue weighted by molar-refractivity contribution is -0.901. The molecule has 1 amide bonds. The van der Waals surface area contributed by atoms with E-state index in [1.807, 2.05) is 24.3 Å². The second-order valence-electron chi connectivity index (χ2n) is 7.53. The summed E-state index contributed by atoms with van der Waals surface area (Å²) in [7, 11) is 0. The highest BCUT2D eigenvalue weighted by Crippen LogP contribution is 2.31. The lowest BCUT2D eigenvalue weighted by atomic mass is 10.0. The first-order chi connectivity index (χ1) is 14.1. The van der Waals surface area contributed by atoms with Crippen LogP contribution in [0.2, 0.25) is 5.02 Å². The van der Waals surface area contributed by atoms with Crippen LogP contribution in [-0.4, -0.2) is 24.2 Å². The topological polar surface area (TPSA) is 59.6 Å². The fraction of sp³-hybridized carbons (Fsp3) is 0.304. The predicted molar refractivity (Wildman–Crippen MR) is 113 cm³/mol. The number of rotatable bonds is 6. The molecule has 0 radical (unpaired) electrons. The minimum Gasteiger partial charge on any atom is -0.360 e. The average Bonchev–Trinajstić information content (AvgIpc) is 3.37. The van der Waals surface area contributed by atoms with Crippen LogP contribution in [0.3, 0.4) is 0 Å². The maximum Gasteiger partial charge on any atom is 0.257 e. The maximum atomic E-state index is 13.0. The van der Waals surface area contributed by atoms with Crippen molar-refractivity contribution in [1.29, 1.82) is 0 Å². The van der Waals surface area contributed by atoms with Crippen LogP contribution < -0.4 is 10.2 Å². The Kier molecular flexibility index (Phi) is 5.97. The number of carbonyl (C=O) groups excluding carboxylic acids is 1. The van der Waals surface area contributed by atoms with Gasteiger partial charge in [-0.1, -0.05) is 59.2 Å². The first-order valence-electron chi connectivity index (χ1n) is 10.0. The molecule has 2 aromatic carbocycles. The van der Waals surface area contributed by atoms with Crippen molar-refractivity contribution in [2.45, 2.75) is 32.9 Å². The van der Waals surface area contributed by atoms with Gasteiger partial charge < -0.3 is 14.7 Å². The number of likely N-dealkylation sites (tertiary alicyclic amines) is 1. The maximum absolute atomic E-state index is 13.0. The molecule has 5 nitrogen and oxygen atoms in total. The number of halogens is 1. The second-order valence-corrected chi connectivity index (χ2v) is 7.93. The fourth-order valence-corrected chi connectivity index (χ4v) is 4.19. The summed E-state index contributed by atoms with van der Waals surface area (Å²) in [5.41, 5.74) is 4.03. The number of nitrogens with one attached hydrogen (secondary N) is 2. The van der Waals surface area contributed by atoms with Crippen molar-refractivity contribution in [1.82, 2.24) is 10.5 Å². The summed E-state index contributed by atoms with van der Waals surface area (Å²) in [5, 5.41) is 7.67. The van der Waals surface area contributed by atoms with Gasteiger partial charge in [0.1, 0.15) is 23.6 Å². The van der Waals surface area contributed by atoms with E-state index in [9.17, 15) is 4.79 Å². The summed E-state index contributed by atoms with van der Waals surface area (Å²) in [5.74, 6) is 0.272. The quantitative estimate of drug-likeness (QED) is 0.654. The molecule has 0 aliphatic carbocycles. The third kappa shape index (κ3) is 4.36. The molecule has 1 aromatic heterocycles. The van der Waals surface area contributed by atoms with E-state index >= 15 is 0 Å². The minimum absolute atomic E-state index is 0.206. The first kappa shape index (κ1) is 19.7. The van der Waals surface area contributed by atoms with Crippen LogP contribution in [0.25, 0.3) is 11.3 Å². The smallest absolute Gasteiger partial charge is 0.257 e. The lowest BCUT2D eigenvalue weighted by Gasteiger charge is -2.15. The van der Waals surface area contributed by atoms with Gasteiger partial charge in [-0.05, 0) is 18.6 Å². The van der Waals surface area contributed by atoms with Crippen LogP contribution in [-0.2, 0) is 13.1 Å². The van der Waals surface area contributed by atoms with Gasteiger partial charge in [0.05, 0.1) is 18.1 Å². The summed E-state index contributed by atoms with van der Waals surface area (Å²) in [6, 6.07) is 15.7. The monoisotopic (exact) mass is 410 g/mol. The molecule has 2 N–H and O–H groups in total. The van der Waals surface area contributed by atoms with E-state index in [1.54, 1.807) is 17.9 Å². The van der Waals surface area contributed by atoms with E-state index in [0.717, 1.165) is 12.1 Å². The Morgan fingerprint density at radius 1 is 1.10 bits per heavy atom. The molecule has 0 unspecified atom stereocenters. The van der Waals surface area contributed by atoms with E-state index < -0.39 is 0 Å². The molecule has 2 heterocycles. The molecule has 0 bridgehead atoms. The predicted octanol–water partition coefficient (Wildman–Crippen LogP) is 3.41. The molecular formula is C23H25ClN3O2+. The molecule has 0 atom stereocenters. The average molecular weight is 411 g/mol. The number of carbonyl (C=O) groups is 1. The number of benzene rings is 2. The van der Waals surface area contributed by atoms with Gasteiger partial charge in [-0.2, -0.15) is 0 Å².